The lowest BCUT2D eigenvalue weighted by Crippen LogP contribution is -2.30. The van der Waals surface area contributed by atoms with Gasteiger partial charge in [-0.2, -0.15) is 4.31 Å². The number of aryl methyl sites for hydroxylation is 1. The zero-order valence-corrected chi connectivity index (χ0v) is 19.9. The maximum absolute atomic E-state index is 13.5. The minimum Gasteiger partial charge on any atom is -0.481 e. The van der Waals surface area contributed by atoms with Gasteiger partial charge in [0, 0.05) is 49.0 Å². The van der Waals surface area contributed by atoms with Crippen LogP contribution in [0, 0.1) is 0 Å². The summed E-state index contributed by atoms with van der Waals surface area (Å²) in [5.41, 5.74) is 3.46. The van der Waals surface area contributed by atoms with E-state index in [1.807, 2.05) is 53.9 Å². The average molecular weight is 494 g/mol. The van der Waals surface area contributed by atoms with E-state index in [4.69, 9.17) is 5.11 Å². The van der Waals surface area contributed by atoms with Gasteiger partial charge in [-0.3, -0.25) is 9.78 Å². The summed E-state index contributed by atoms with van der Waals surface area (Å²) in [4.78, 5) is 19.3. The maximum Gasteiger partial charge on any atom is 0.303 e. The van der Waals surface area contributed by atoms with Crippen LogP contribution in [0.15, 0.2) is 89.5 Å². The number of thiazole rings is 1. The summed E-state index contributed by atoms with van der Waals surface area (Å²) in [5, 5.41) is 11.8. The van der Waals surface area contributed by atoms with Crippen molar-refractivity contribution in [3.05, 3.63) is 101 Å². The third kappa shape index (κ3) is 5.93. The molecule has 4 aromatic rings. The number of carboxylic acids is 1. The predicted molar refractivity (Wildman–Crippen MR) is 131 cm³/mol. The Bertz CT molecular complexity index is 1340. The van der Waals surface area contributed by atoms with Gasteiger partial charge in [-0.25, -0.2) is 13.4 Å². The summed E-state index contributed by atoms with van der Waals surface area (Å²) in [6, 6.07) is 18.2. The first-order valence-electron chi connectivity index (χ1n) is 10.6. The summed E-state index contributed by atoms with van der Waals surface area (Å²) in [5.74, 6) is -0.868. The van der Waals surface area contributed by atoms with Crippen LogP contribution >= 0.6 is 11.3 Å². The molecule has 4 rings (SSSR count). The fourth-order valence-electron chi connectivity index (χ4n) is 3.54. The molecule has 7 nitrogen and oxygen atoms in total. The van der Waals surface area contributed by atoms with Crippen LogP contribution in [0.5, 0.6) is 0 Å². The first kappa shape index (κ1) is 23.7. The highest BCUT2D eigenvalue weighted by Gasteiger charge is 2.25. The van der Waals surface area contributed by atoms with Crippen molar-refractivity contribution in [3.8, 4) is 10.6 Å². The van der Waals surface area contributed by atoms with Crippen LogP contribution in [0.4, 0.5) is 0 Å². The second-order valence-corrected chi connectivity index (χ2v) is 10.5. The van der Waals surface area contributed by atoms with Crippen LogP contribution < -0.4 is 0 Å². The van der Waals surface area contributed by atoms with Gasteiger partial charge in [0.1, 0.15) is 9.90 Å². The topological polar surface area (TPSA) is 100 Å². The predicted octanol–water partition coefficient (Wildman–Crippen LogP) is 4.61. The molecule has 0 saturated heterocycles. The van der Waals surface area contributed by atoms with Gasteiger partial charge >= 0.3 is 5.97 Å². The second-order valence-electron chi connectivity index (χ2n) is 7.71. The smallest absolute Gasteiger partial charge is 0.303 e. The first-order chi connectivity index (χ1) is 16.4. The van der Waals surface area contributed by atoms with E-state index in [-0.39, 0.29) is 24.4 Å². The van der Waals surface area contributed by atoms with Crippen LogP contribution in [0.3, 0.4) is 0 Å². The summed E-state index contributed by atoms with van der Waals surface area (Å²) >= 11 is 1.55. The van der Waals surface area contributed by atoms with E-state index in [0.29, 0.717) is 6.42 Å². The number of nitrogens with zero attached hydrogens (tertiary/aromatic N) is 3. The number of rotatable bonds is 10. The molecule has 0 amide bonds. The Kier molecular flexibility index (Phi) is 7.46. The molecule has 0 saturated carbocycles. The molecular weight excluding hydrogens is 470 g/mol. The molecule has 0 fully saturated rings. The number of sulfonamides is 1. The first-order valence-corrected chi connectivity index (χ1v) is 12.9. The molecule has 174 valence electrons. The number of hydrogen-bond donors (Lipinski definition) is 1. The summed E-state index contributed by atoms with van der Waals surface area (Å²) in [7, 11) is -3.82. The molecule has 2 heterocycles. The van der Waals surface area contributed by atoms with Crippen molar-refractivity contribution < 1.29 is 18.3 Å². The van der Waals surface area contributed by atoms with Crippen molar-refractivity contribution in [1.29, 1.82) is 0 Å². The highest BCUT2D eigenvalue weighted by molar-refractivity contribution is 7.89. The number of pyridine rings is 1. The number of aliphatic carboxylic acids is 1. The number of benzene rings is 2. The molecule has 2 aromatic heterocycles. The summed E-state index contributed by atoms with van der Waals surface area (Å²) in [6.45, 7) is 0.321. The SMILES string of the molecule is O=C(O)CCc1cccc(CN(Cc2ccc(-c3nccs3)cc2)S(=O)(=O)c2cccnc2)c1. The van der Waals surface area contributed by atoms with Crippen molar-refractivity contribution in [1.82, 2.24) is 14.3 Å². The Morgan fingerprint density at radius 3 is 2.38 bits per heavy atom. The van der Waals surface area contributed by atoms with E-state index in [1.165, 1.54) is 22.8 Å². The molecule has 9 heteroatoms. The Morgan fingerprint density at radius 1 is 0.941 bits per heavy atom. The molecule has 0 bridgehead atoms. The average Bonchev–Trinajstić information content (AvgIpc) is 3.39. The van der Waals surface area contributed by atoms with Gasteiger partial charge in [0.05, 0.1) is 0 Å². The van der Waals surface area contributed by atoms with Gasteiger partial charge in [0.2, 0.25) is 10.0 Å². The van der Waals surface area contributed by atoms with Gasteiger partial charge in [-0.15, -0.1) is 11.3 Å². The van der Waals surface area contributed by atoms with Crippen LogP contribution in [0.1, 0.15) is 23.1 Å². The summed E-state index contributed by atoms with van der Waals surface area (Å²) < 4.78 is 28.4. The van der Waals surface area contributed by atoms with Crippen LogP contribution in [0.25, 0.3) is 10.6 Å². The molecule has 1 N–H and O–H groups in total. The van der Waals surface area contributed by atoms with Crippen molar-refractivity contribution in [2.45, 2.75) is 30.8 Å². The zero-order chi connectivity index (χ0) is 24.0. The maximum atomic E-state index is 13.5. The molecule has 0 spiro atoms. The normalized spacial score (nSPS) is 11.6. The standard InChI is InChI=1S/C25H23N3O4S2/c29-24(30)11-8-19-3-1-4-21(15-19)18-28(34(31,32)23-5-2-12-26-16-23)17-20-6-9-22(10-7-20)25-27-13-14-33-25/h1-7,9-10,12-16H,8,11,17-18H2,(H,29,30). The molecule has 0 radical (unpaired) electrons. The van der Waals surface area contributed by atoms with Crippen LogP contribution in [-0.4, -0.2) is 33.8 Å². The van der Waals surface area contributed by atoms with Crippen LogP contribution in [-0.2, 0) is 34.3 Å². The van der Waals surface area contributed by atoms with Crippen molar-refractivity contribution >= 4 is 27.3 Å². The molecule has 0 atom stereocenters. The fraction of sp³-hybridized carbons (Fsp3) is 0.160. The van der Waals surface area contributed by atoms with Gasteiger partial charge in [-0.1, -0.05) is 48.5 Å². The molecule has 0 aliphatic carbocycles. The molecular formula is C25H23N3O4S2. The number of aromatic nitrogens is 2. The summed E-state index contributed by atoms with van der Waals surface area (Å²) in [6.07, 6.45) is 5.04. The van der Waals surface area contributed by atoms with E-state index in [0.717, 1.165) is 27.3 Å². The van der Waals surface area contributed by atoms with Gasteiger partial charge < -0.3 is 5.11 Å². The minimum absolute atomic E-state index is 0.0204. The largest absolute Gasteiger partial charge is 0.481 e. The Labute approximate surface area is 202 Å². The Balaban J connectivity index is 1.61. The lowest BCUT2D eigenvalue weighted by molar-refractivity contribution is -0.136. The minimum atomic E-state index is -3.82. The number of carboxylic acid groups (broad SMARTS) is 1. The lowest BCUT2D eigenvalue weighted by Gasteiger charge is -2.23. The monoisotopic (exact) mass is 493 g/mol. The number of carbonyl (C=O) groups is 1. The van der Waals surface area contributed by atoms with Crippen molar-refractivity contribution in [2.24, 2.45) is 0 Å². The van der Waals surface area contributed by atoms with E-state index in [1.54, 1.807) is 23.6 Å². The molecule has 2 aromatic carbocycles. The van der Waals surface area contributed by atoms with Gasteiger partial charge in [0.15, 0.2) is 0 Å². The van der Waals surface area contributed by atoms with Crippen LogP contribution in [0.2, 0.25) is 0 Å². The number of hydrogen-bond acceptors (Lipinski definition) is 6. The van der Waals surface area contributed by atoms with Crippen molar-refractivity contribution in [2.75, 3.05) is 0 Å². The molecule has 0 aliphatic heterocycles. The van der Waals surface area contributed by atoms with Gasteiger partial charge in [0.25, 0.3) is 0 Å². The quantitative estimate of drug-likeness (QED) is 0.346. The third-order valence-corrected chi connectivity index (χ3v) is 7.84. The van der Waals surface area contributed by atoms with E-state index in [2.05, 4.69) is 9.97 Å². The molecule has 34 heavy (non-hydrogen) atoms. The van der Waals surface area contributed by atoms with Gasteiger partial charge in [-0.05, 0) is 35.2 Å². The lowest BCUT2D eigenvalue weighted by atomic mass is 10.1. The zero-order valence-electron chi connectivity index (χ0n) is 18.2. The highest BCUT2D eigenvalue weighted by atomic mass is 32.2. The Hall–Kier alpha value is -3.40. The van der Waals surface area contributed by atoms with E-state index < -0.39 is 16.0 Å². The highest BCUT2D eigenvalue weighted by Crippen LogP contribution is 2.25. The Morgan fingerprint density at radius 2 is 1.71 bits per heavy atom. The fourth-order valence-corrected chi connectivity index (χ4v) is 5.56. The van der Waals surface area contributed by atoms with E-state index in [9.17, 15) is 13.2 Å². The molecule has 0 aliphatic rings. The van der Waals surface area contributed by atoms with Crippen molar-refractivity contribution in [3.63, 3.8) is 0 Å². The van der Waals surface area contributed by atoms with E-state index >= 15 is 0 Å². The third-order valence-electron chi connectivity index (χ3n) is 5.24. The molecule has 0 unspecified atom stereocenters. The second kappa shape index (κ2) is 10.7.